The molecule has 0 radical (unpaired) electrons. The van der Waals surface area contributed by atoms with Crippen LogP contribution in [0, 0.1) is 11.8 Å². The predicted octanol–water partition coefficient (Wildman–Crippen LogP) is 2.29. The molecule has 0 fully saturated rings. The molecule has 0 aliphatic heterocycles. The quantitative estimate of drug-likeness (QED) is 0.354. The zero-order valence-electron chi connectivity index (χ0n) is 8.82. The molecule has 1 aromatic carbocycles. The Morgan fingerprint density at radius 1 is 1.53 bits per heavy atom. The van der Waals surface area contributed by atoms with E-state index in [1.54, 1.807) is 13.8 Å². The van der Waals surface area contributed by atoms with E-state index in [9.17, 15) is 0 Å². The van der Waals surface area contributed by atoms with E-state index in [-0.39, 0.29) is 0 Å². The number of oxime groups is 1. The van der Waals surface area contributed by atoms with Crippen molar-refractivity contribution in [3.63, 3.8) is 0 Å². The van der Waals surface area contributed by atoms with Crippen molar-refractivity contribution in [3.05, 3.63) is 29.8 Å². The highest BCUT2D eigenvalue weighted by Crippen LogP contribution is 2.13. The molecule has 0 aliphatic carbocycles. The molecular weight excluding hydrogens is 190 g/mol. The fourth-order valence-corrected chi connectivity index (χ4v) is 1.06. The van der Waals surface area contributed by atoms with Gasteiger partial charge in [-0.1, -0.05) is 23.2 Å². The Kier molecular flexibility index (Phi) is 4.24. The number of hydrogen-bond acceptors (Lipinski definition) is 3. The number of hydrogen-bond donors (Lipinski definition) is 1. The molecule has 1 N–H and O–H groups in total. The van der Waals surface area contributed by atoms with Crippen LogP contribution in [-0.4, -0.2) is 17.5 Å². The number of nitrogens with zero attached hydrogens (tertiary/aromatic N) is 1. The lowest BCUT2D eigenvalue weighted by Gasteiger charge is -2.04. The average Bonchev–Trinajstić information content (AvgIpc) is 2.29. The van der Waals surface area contributed by atoms with Crippen molar-refractivity contribution < 1.29 is 9.94 Å². The minimum Gasteiger partial charge on any atom is -0.481 e. The first kappa shape index (κ1) is 11.1. The van der Waals surface area contributed by atoms with Crippen molar-refractivity contribution in [2.75, 3.05) is 6.61 Å². The van der Waals surface area contributed by atoms with E-state index in [1.165, 1.54) is 0 Å². The first-order chi connectivity index (χ1) is 7.27. The van der Waals surface area contributed by atoms with Crippen LogP contribution in [0.1, 0.15) is 19.4 Å². The predicted molar refractivity (Wildman–Crippen MR) is 59.4 cm³/mol. The van der Waals surface area contributed by atoms with E-state index in [0.717, 1.165) is 11.3 Å². The molecule has 0 heterocycles. The Labute approximate surface area is 89.4 Å². The fraction of sp³-hybridized carbons (Fsp3) is 0.250. The summed E-state index contributed by atoms with van der Waals surface area (Å²) in [5, 5.41) is 11.7. The van der Waals surface area contributed by atoms with Gasteiger partial charge in [0.05, 0.1) is 5.71 Å². The Bertz CT molecular complexity index is 413. The van der Waals surface area contributed by atoms with Crippen LogP contribution in [0.25, 0.3) is 0 Å². The Hall–Kier alpha value is -1.95. The fourth-order valence-electron chi connectivity index (χ4n) is 1.06. The molecule has 0 aliphatic rings. The van der Waals surface area contributed by atoms with Crippen LogP contribution in [0.15, 0.2) is 29.4 Å². The third-order valence-corrected chi connectivity index (χ3v) is 1.89. The zero-order valence-corrected chi connectivity index (χ0v) is 8.82. The normalized spacial score (nSPS) is 10.4. The molecule has 0 aromatic heterocycles. The standard InChI is InChI=1S/C12H13NO2/c1-3-4-8-15-12-7-5-6-11(9-12)10(2)13-14/h5-7,9,14H,8H2,1-2H3. The lowest BCUT2D eigenvalue weighted by atomic mass is 10.1. The lowest BCUT2D eigenvalue weighted by Crippen LogP contribution is -1.97. The number of ether oxygens (including phenoxy) is 1. The Balaban J connectivity index is 2.77. The average molecular weight is 203 g/mol. The third-order valence-electron chi connectivity index (χ3n) is 1.89. The maximum absolute atomic E-state index is 8.62. The van der Waals surface area contributed by atoms with Crippen molar-refractivity contribution in [2.24, 2.45) is 5.16 Å². The summed E-state index contributed by atoms with van der Waals surface area (Å²) >= 11 is 0. The summed E-state index contributed by atoms with van der Waals surface area (Å²) < 4.78 is 5.37. The highest BCUT2D eigenvalue weighted by Gasteiger charge is 1.99. The minimum atomic E-state index is 0.370. The van der Waals surface area contributed by atoms with Gasteiger partial charge in [-0.2, -0.15) is 0 Å². The molecule has 0 amide bonds. The summed E-state index contributed by atoms with van der Waals surface area (Å²) in [6, 6.07) is 7.35. The molecule has 0 saturated carbocycles. The Morgan fingerprint density at radius 2 is 2.33 bits per heavy atom. The van der Waals surface area contributed by atoms with E-state index in [2.05, 4.69) is 17.0 Å². The monoisotopic (exact) mass is 203 g/mol. The minimum absolute atomic E-state index is 0.370. The van der Waals surface area contributed by atoms with Gasteiger partial charge in [-0.25, -0.2) is 0 Å². The van der Waals surface area contributed by atoms with Gasteiger partial charge in [0.15, 0.2) is 0 Å². The van der Waals surface area contributed by atoms with E-state index in [1.807, 2.05) is 24.3 Å². The van der Waals surface area contributed by atoms with Gasteiger partial charge in [0, 0.05) is 5.56 Å². The van der Waals surface area contributed by atoms with E-state index < -0.39 is 0 Å². The van der Waals surface area contributed by atoms with Gasteiger partial charge in [0.25, 0.3) is 0 Å². The summed E-state index contributed by atoms with van der Waals surface area (Å²) in [5.74, 6) is 6.28. The second kappa shape index (κ2) is 5.71. The van der Waals surface area contributed by atoms with Crippen molar-refractivity contribution >= 4 is 5.71 Å². The van der Waals surface area contributed by atoms with Crippen LogP contribution in [-0.2, 0) is 0 Å². The highest BCUT2D eigenvalue weighted by molar-refractivity contribution is 5.98. The van der Waals surface area contributed by atoms with Crippen LogP contribution in [0.2, 0.25) is 0 Å². The van der Waals surface area contributed by atoms with E-state index in [0.29, 0.717) is 12.3 Å². The SMILES string of the molecule is CC#CCOc1cccc(C(C)=NO)c1. The van der Waals surface area contributed by atoms with Crippen molar-refractivity contribution in [1.82, 2.24) is 0 Å². The van der Waals surface area contributed by atoms with Crippen molar-refractivity contribution in [2.45, 2.75) is 13.8 Å². The molecule has 3 nitrogen and oxygen atoms in total. The first-order valence-electron chi connectivity index (χ1n) is 4.59. The van der Waals surface area contributed by atoms with Crippen LogP contribution >= 0.6 is 0 Å². The molecule has 0 atom stereocenters. The van der Waals surface area contributed by atoms with E-state index in [4.69, 9.17) is 9.94 Å². The topological polar surface area (TPSA) is 41.8 Å². The van der Waals surface area contributed by atoms with Gasteiger partial charge < -0.3 is 9.94 Å². The largest absolute Gasteiger partial charge is 0.481 e. The second-order valence-electron chi connectivity index (χ2n) is 2.93. The maximum Gasteiger partial charge on any atom is 0.149 e. The van der Waals surface area contributed by atoms with E-state index >= 15 is 0 Å². The lowest BCUT2D eigenvalue weighted by molar-refractivity contribution is 0.319. The highest BCUT2D eigenvalue weighted by atomic mass is 16.5. The van der Waals surface area contributed by atoms with Crippen molar-refractivity contribution in [3.8, 4) is 17.6 Å². The van der Waals surface area contributed by atoms with Gasteiger partial charge in [0.2, 0.25) is 0 Å². The summed E-state index contributed by atoms with van der Waals surface area (Å²) in [6.45, 7) is 3.86. The third kappa shape index (κ3) is 3.35. The molecule has 3 heteroatoms. The van der Waals surface area contributed by atoms with Crippen LogP contribution in [0.4, 0.5) is 0 Å². The molecule has 0 saturated heterocycles. The number of benzene rings is 1. The van der Waals surface area contributed by atoms with Gasteiger partial charge in [-0.15, -0.1) is 5.92 Å². The molecule has 1 aromatic rings. The first-order valence-corrected chi connectivity index (χ1v) is 4.59. The molecule has 0 unspecified atom stereocenters. The molecule has 78 valence electrons. The molecule has 0 bridgehead atoms. The maximum atomic E-state index is 8.62. The Morgan fingerprint density at radius 3 is 3.00 bits per heavy atom. The van der Waals surface area contributed by atoms with Gasteiger partial charge >= 0.3 is 0 Å². The van der Waals surface area contributed by atoms with Crippen LogP contribution in [0.5, 0.6) is 5.75 Å². The number of rotatable bonds is 3. The van der Waals surface area contributed by atoms with Crippen molar-refractivity contribution in [1.29, 1.82) is 0 Å². The summed E-state index contributed by atoms with van der Waals surface area (Å²) in [6.07, 6.45) is 0. The van der Waals surface area contributed by atoms with Gasteiger partial charge in [-0.3, -0.25) is 0 Å². The van der Waals surface area contributed by atoms with Gasteiger partial charge in [0.1, 0.15) is 12.4 Å². The molecule has 0 spiro atoms. The van der Waals surface area contributed by atoms with Gasteiger partial charge in [-0.05, 0) is 26.0 Å². The zero-order chi connectivity index (χ0) is 11.1. The summed E-state index contributed by atoms with van der Waals surface area (Å²) in [5.41, 5.74) is 1.39. The summed E-state index contributed by atoms with van der Waals surface area (Å²) in [4.78, 5) is 0. The molecular formula is C12H13NO2. The molecule has 15 heavy (non-hydrogen) atoms. The second-order valence-corrected chi connectivity index (χ2v) is 2.93. The van der Waals surface area contributed by atoms with Crippen LogP contribution in [0.3, 0.4) is 0 Å². The summed E-state index contributed by atoms with van der Waals surface area (Å²) in [7, 11) is 0. The smallest absolute Gasteiger partial charge is 0.149 e. The van der Waals surface area contributed by atoms with Crippen LogP contribution < -0.4 is 4.74 Å². The molecule has 1 rings (SSSR count).